The molecule has 0 radical (unpaired) electrons. The second-order valence-corrected chi connectivity index (χ2v) is 5.94. The number of thioether (sulfide) groups is 1. The van der Waals surface area contributed by atoms with E-state index in [1.54, 1.807) is 6.07 Å². The molecule has 0 saturated carbocycles. The van der Waals surface area contributed by atoms with Crippen molar-refractivity contribution in [3.05, 3.63) is 23.0 Å². The number of nitrogens with zero attached hydrogens (tertiary/aromatic N) is 2. The molecule has 1 aromatic rings. The third-order valence-corrected chi connectivity index (χ3v) is 2.85. The number of aromatic nitrogens is 2. The van der Waals surface area contributed by atoms with Gasteiger partial charge in [-0.05, 0) is 12.1 Å². The van der Waals surface area contributed by atoms with Gasteiger partial charge in [-0.1, -0.05) is 32.4 Å². The molecular formula is C9H13ClN2S. The van der Waals surface area contributed by atoms with Gasteiger partial charge >= 0.3 is 0 Å². The molecular weight excluding hydrogens is 204 g/mol. The average Bonchev–Trinajstić information content (AvgIpc) is 2.02. The highest BCUT2D eigenvalue weighted by Gasteiger charge is 2.10. The van der Waals surface area contributed by atoms with E-state index in [-0.39, 0.29) is 4.75 Å². The Balaban J connectivity index is 2.51. The Morgan fingerprint density at radius 1 is 1.31 bits per heavy atom. The highest BCUT2D eigenvalue weighted by Crippen LogP contribution is 2.26. The first-order chi connectivity index (χ1) is 5.97. The lowest BCUT2D eigenvalue weighted by Gasteiger charge is -2.16. The normalized spacial score (nSPS) is 11.7. The van der Waals surface area contributed by atoms with Crippen LogP contribution in [0.15, 0.2) is 12.1 Å². The Labute approximate surface area is 88.1 Å². The maximum absolute atomic E-state index is 5.62. The van der Waals surface area contributed by atoms with Crippen molar-refractivity contribution < 1.29 is 0 Å². The first-order valence-corrected chi connectivity index (χ1v) is 5.46. The van der Waals surface area contributed by atoms with Gasteiger partial charge in [0.05, 0.1) is 5.69 Å². The maximum atomic E-state index is 5.62. The number of halogens is 1. The molecule has 1 heterocycles. The van der Waals surface area contributed by atoms with E-state index in [9.17, 15) is 0 Å². The maximum Gasteiger partial charge on any atom is 0.151 e. The van der Waals surface area contributed by atoms with Crippen molar-refractivity contribution in [2.45, 2.75) is 31.3 Å². The highest BCUT2D eigenvalue weighted by molar-refractivity contribution is 7.99. The summed E-state index contributed by atoms with van der Waals surface area (Å²) in [5.74, 6) is 0.883. The van der Waals surface area contributed by atoms with Crippen LogP contribution in [-0.4, -0.2) is 14.9 Å². The van der Waals surface area contributed by atoms with Crippen LogP contribution in [0.1, 0.15) is 26.5 Å². The van der Waals surface area contributed by atoms with E-state index >= 15 is 0 Å². The third-order valence-electron chi connectivity index (χ3n) is 1.34. The zero-order valence-electron chi connectivity index (χ0n) is 8.04. The van der Waals surface area contributed by atoms with Crippen molar-refractivity contribution >= 4 is 23.4 Å². The van der Waals surface area contributed by atoms with Crippen LogP contribution in [0, 0.1) is 0 Å². The predicted octanol–water partition coefficient (Wildman–Crippen LogP) is 3.16. The molecule has 0 amide bonds. The summed E-state index contributed by atoms with van der Waals surface area (Å²) in [4.78, 5) is 0. The molecule has 1 rings (SSSR count). The fourth-order valence-corrected chi connectivity index (χ4v) is 1.55. The van der Waals surface area contributed by atoms with Crippen LogP contribution >= 0.6 is 23.4 Å². The molecule has 13 heavy (non-hydrogen) atoms. The number of hydrogen-bond donors (Lipinski definition) is 0. The molecule has 1 aromatic heterocycles. The first kappa shape index (κ1) is 10.8. The molecule has 0 saturated heterocycles. The molecule has 72 valence electrons. The largest absolute Gasteiger partial charge is 0.153 e. The lowest BCUT2D eigenvalue weighted by atomic mass is 10.3. The van der Waals surface area contributed by atoms with Crippen LogP contribution in [0.3, 0.4) is 0 Å². The van der Waals surface area contributed by atoms with Crippen molar-refractivity contribution in [3.63, 3.8) is 0 Å². The quantitative estimate of drug-likeness (QED) is 0.760. The standard InChI is InChI=1S/C9H13ClN2S/c1-9(2,3)13-6-7-4-5-8(10)12-11-7/h4-5H,6H2,1-3H3. The summed E-state index contributed by atoms with van der Waals surface area (Å²) in [5, 5.41) is 8.21. The van der Waals surface area contributed by atoms with Gasteiger partial charge in [-0.25, -0.2) is 0 Å². The summed E-state index contributed by atoms with van der Waals surface area (Å²) in [6.45, 7) is 6.54. The topological polar surface area (TPSA) is 25.8 Å². The molecule has 0 N–H and O–H groups in total. The average molecular weight is 217 g/mol. The lowest BCUT2D eigenvalue weighted by Crippen LogP contribution is -2.08. The minimum absolute atomic E-state index is 0.265. The molecule has 0 aromatic carbocycles. The molecule has 0 fully saturated rings. The van der Waals surface area contributed by atoms with Crippen molar-refractivity contribution in [1.82, 2.24) is 10.2 Å². The molecule has 0 unspecified atom stereocenters. The Bertz CT molecular complexity index is 266. The van der Waals surface area contributed by atoms with Gasteiger partial charge in [-0.15, -0.1) is 16.9 Å². The van der Waals surface area contributed by atoms with E-state index in [1.165, 1.54) is 0 Å². The smallest absolute Gasteiger partial charge is 0.151 e. The molecule has 0 aliphatic heterocycles. The lowest BCUT2D eigenvalue weighted by molar-refractivity contribution is 0.800. The summed E-state index contributed by atoms with van der Waals surface area (Å²) in [6, 6.07) is 3.68. The molecule has 2 nitrogen and oxygen atoms in total. The van der Waals surface area contributed by atoms with Gasteiger partial charge in [0.2, 0.25) is 0 Å². The van der Waals surface area contributed by atoms with Crippen LogP contribution in [-0.2, 0) is 5.75 Å². The predicted molar refractivity (Wildman–Crippen MR) is 58.1 cm³/mol. The summed E-state index contributed by atoms with van der Waals surface area (Å²) < 4.78 is 0.265. The fraction of sp³-hybridized carbons (Fsp3) is 0.556. The van der Waals surface area contributed by atoms with E-state index in [4.69, 9.17) is 11.6 Å². The van der Waals surface area contributed by atoms with E-state index in [2.05, 4.69) is 31.0 Å². The van der Waals surface area contributed by atoms with Gasteiger partial charge in [-0.2, -0.15) is 5.10 Å². The van der Waals surface area contributed by atoms with E-state index in [1.807, 2.05) is 17.8 Å². The van der Waals surface area contributed by atoms with Gasteiger partial charge in [0.15, 0.2) is 5.15 Å². The number of rotatable bonds is 2. The van der Waals surface area contributed by atoms with E-state index in [0.717, 1.165) is 11.4 Å². The second kappa shape index (κ2) is 4.29. The van der Waals surface area contributed by atoms with Gasteiger partial charge in [-0.3, -0.25) is 0 Å². The summed E-state index contributed by atoms with van der Waals surface area (Å²) >= 11 is 7.47. The van der Waals surface area contributed by atoms with Gasteiger partial charge < -0.3 is 0 Å². The second-order valence-electron chi connectivity index (χ2n) is 3.75. The minimum Gasteiger partial charge on any atom is -0.153 e. The van der Waals surface area contributed by atoms with Crippen molar-refractivity contribution in [2.75, 3.05) is 0 Å². The molecule has 0 aliphatic carbocycles. The van der Waals surface area contributed by atoms with Crippen LogP contribution < -0.4 is 0 Å². The van der Waals surface area contributed by atoms with E-state index in [0.29, 0.717) is 5.15 Å². The third kappa shape index (κ3) is 4.48. The van der Waals surface area contributed by atoms with Crippen molar-refractivity contribution in [3.8, 4) is 0 Å². The molecule has 0 spiro atoms. The Hall–Kier alpha value is -0.280. The monoisotopic (exact) mass is 216 g/mol. The summed E-state index contributed by atoms with van der Waals surface area (Å²) in [6.07, 6.45) is 0. The highest BCUT2D eigenvalue weighted by atomic mass is 35.5. The van der Waals surface area contributed by atoms with Gasteiger partial charge in [0.1, 0.15) is 0 Å². The minimum atomic E-state index is 0.265. The van der Waals surface area contributed by atoms with Crippen molar-refractivity contribution in [1.29, 1.82) is 0 Å². The zero-order chi connectivity index (χ0) is 9.90. The van der Waals surface area contributed by atoms with Crippen molar-refractivity contribution in [2.24, 2.45) is 0 Å². The summed E-state index contributed by atoms with van der Waals surface area (Å²) in [5.41, 5.74) is 0.976. The zero-order valence-corrected chi connectivity index (χ0v) is 9.61. The molecule has 0 atom stereocenters. The fourth-order valence-electron chi connectivity index (χ4n) is 0.711. The Morgan fingerprint density at radius 3 is 2.46 bits per heavy atom. The Morgan fingerprint density at radius 2 is 2.00 bits per heavy atom. The van der Waals surface area contributed by atoms with Crippen LogP contribution in [0.2, 0.25) is 5.15 Å². The SMILES string of the molecule is CC(C)(C)SCc1ccc(Cl)nn1. The van der Waals surface area contributed by atoms with Crippen LogP contribution in [0.5, 0.6) is 0 Å². The Kier molecular flexibility index (Phi) is 3.56. The van der Waals surface area contributed by atoms with Gasteiger partial charge in [0, 0.05) is 10.5 Å². The van der Waals surface area contributed by atoms with Crippen LogP contribution in [0.4, 0.5) is 0 Å². The van der Waals surface area contributed by atoms with E-state index < -0.39 is 0 Å². The number of hydrogen-bond acceptors (Lipinski definition) is 3. The van der Waals surface area contributed by atoms with Gasteiger partial charge in [0.25, 0.3) is 0 Å². The van der Waals surface area contributed by atoms with Crippen LogP contribution in [0.25, 0.3) is 0 Å². The first-order valence-electron chi connectivity index (χ1n) is 4.09. The molecule has 0 bridgehead atoms. The summed E-state index contributed by atoms with van der Waals surface area (Å²) in [7, 11) is 0. The molecule has 4 heteroatoms. The molecule has 0 aliphatic rings.